The molecule has 0 saturated heterocycles. The molecule has 3 aromatic rings. The molecule has 3 N–H and O–H groups in total. The van der Waals surface area contributed by atoms with E-state index in [0.717, 1.165) is 16.1 Å². The van der Waals surface area contributed by atoms with Crippen LogP contribution in [0.3, 0.4) is 0 Å². The van der Waals surface area contributed by atoms with Crippen LogP contribution in [-0.4, -0.2) is 16.8 Å². The van der Waals surface area contributed by atoms with Gasteiger partial charge in [-0.15, -0.1) is 11.3 Å². The van der Waals surface area contributed by atoms with Crippen molar-refractivity contribution >= 4 is 40.4 Å². The molecule has 0 aliphatic rings. The van der Waals surface area contributed by atoms with Gasteiger partial charge in [-0.25, -0.2) is 4.98 Å². The van der Waals surface area contributed by atoms with Gasteiger partial charge in [0.25, 0.3) is 5.91 Å². The molecule has 2 aromatic carbocycles. The summed E-state index contributed by atoms with van der Waals surface area (Å²) in [6.07, 6.45) is 0. The van der Waals surface area contributed by atoms with Crippen molar-refractivity contribution < 1.29 is 9.59 Å². The molecule has 3 rings (SSSR count). The topological polar surface area (TPSA) is 85.1 Å². The Kier molecular flexibility index (Phi) is 4.83. The number of aromatic nitrogens is 1. The average Bonchev–Trinajstić information content (AvgIpc) is 3.05. The molecule has 0 atom stereocenters. The molecule has 0 fully saturated rings. The van der Waals surface area contributed by atoms with E-state index < -0.39 is 5.91 Å². The second-order valence-electron chi connectivity index (χ2n) is 5.42. The highest BCUT2D eigenvalue weighted by atomic mass is 35.5. The maximum Gasteiger partial charge on any atom is 0.275 e. The predicted molar refractivity (Wildman–Crippen MR) is 100 cm³/mol. The van der Waals surface area contributed by atoms with E-state index in [0.29, 0.717) is 11.4 Å². The quantitative estimate of drug-likeness (QED) is 0.723. The van der Waals surface area contributed by atoms with E-state index in [1.807, 2.05) is 31.2 Å². The molecule has 5 nitrogen and oxygen atoms in total. The smallest absolute Gasteiger partial charge is 0.275 e. The number of nitrogens with zero attached hydrogens (tertiary/aromatic N) is 1. The number of nitrogens with one attached hydrogen (secondary N) is 1. The molecule has 0 unspecified atom stereocenters. The number of benzene rings is 2. The molecular weight excluding hydrogens is 358 g/mol. The first-order chi connectivity index (χ1) is 11.9. The number of halogens is 1. The number of anilines is 1. The third kappa shape index (κ3) is 3.87. The monoisotopic (exact) mass is 371 g/mol. The lowest BCUT2D eigenvalue weighted by molar-refractivity contribution is 0.0998. The number of thiazole rings is 1. The molecule has 0 bridgehead atoms. The Labute approximate surface area is 153 Å². The van der Waals surface area contributed by atoms with Crippen LogP contribution in [0.2, 0.25) is 5.02 Å². The lowest BCUT2D eigenvalue weighted by Crippen LogP contribution is -2.14. The Morgan fingerprint density at radius 3 is 2.52 bits per heavy atom. The van der Waals surface area contributed by atoms with Crippen LogP contribution >= 0.6 is 22.9 Å². The largest absolute Gasteiger partial charge is 0.366 e. The summed E-state index contributed by atoms with van der Waals surface area (Å²) in [5.41, 5.74) is 8.31. The van der Waals surface area contributed by atoms with Gasteiger partial charge in [-0.2, -0.15) is 0 Å². The van der Waals surface area contributed by atoms with E-state index in [4.69, 9.17) is 17.3 Å². The minimum atomic E-state index is -0.620. The van der Waals surface area contributed by atoms with E-state index in [1.54, 1.807) is 11.4 Å². The molecule has 25 heavy (non-hydrogen) atoms. The zero-order valence-electron chi connectivity index (χ0n) is 13.2. The Morgan fingerprint density at radius 1 is 1.16 bits per heavy atom. The maximum absolute atomic E-state index is 12.3. The SMILES string of the molecule is Cc1ccc(-c2nc(C(=O)Nc3ccc(C(N)=O)c(Cl)c3)cs2)cc1. The molecule has 0 spiro atoms. The molecule has 2 amide bonds. The van der Waals surface area contributed by atoms with Crippen LogP contribution < -0.4 is 11.1 Å². The number of carbonyl (C=O) groups is 2. The predicted octanol–water partition coefficient (Wildman–Crippen LogP) is 4.12. The van der Waals surface area contributed by atoms with E-state index in [9.17, 15) is 9.59 Å². The number of carbonyl (C=O) groups excluding carboxylic acids is 2. The zero-order valence-corrected chi connectivity index (χ0v) is 14.8. The highest BCUT2D eigenvalue weighted by molar-refractivity contribution is 7.13. The highest BCUT2D eigenvalue weighted by Gasteiger charge is 2.14. The van der Waals surface area contributed by atoms with Crippen LogP contribution in [0.5, 0.6) is 0 Å². The van der Waals surface area contributed by atoms with Crippen LogP contribution in [0, 0.1) is 6.92 Å². The van der Waals surface area contributed by atoms with Crippen molar-refractivity contribution in [1.82, 2.24) is 4.98 Å². The van der Waals surface area contributed by atoms with E-state index >= 15 is 0 Å². The Hall–Kier alpha value is -2.70. The molecule has 126 valence electrons. The first-order valence-corrected chi connectivity index (χ1v) is 8.63. The lowest BCUT2D eigenvalue weighted by Gasteiger charge is -2.06. The molecule has 1 heterocycles. The van der Waals surface area contributed by atoms with Crippen molar-refractivity contribution in [3.05, 3.63) is 69.7 Å². The molecule has 0 aliphatic heterocycles. The van der Waals surface area contributed by atoms with Gasteiger partial charge < -0.3 is 11.1 Å². The zero-order chi connectivity index (χ0) is 18.0. The van der Waals surface area contributed by atoms with Gasteiger partial charge in [0.15, 0.2) is 0 Å². The van der Waals surface area contributed by atoms with Gasteiger partial charge in [-0.1, -0.05) is 41.4 Å². The van der Waals surface area contributed by atoms with Gasteiger partial charge in [0.05, 0.1) is 10.6 Å². The van der Waals surface area contributed by atoms with Crippen LogP contribution in [0.1, 0.15) is 26.4 Å². The summed E-state index contributed by atoms with van der Waals surface area (Å²) in [6.45, 7) is 2.01. The molecule has 7 heteroatoms. The summed E-state index contributed by atoms with van der Waals surface area (Å²) in [7, 11) is 0. The number of rotatable bonds is 4. The van der Waals surface area contributed by atoms with Gasteiger partial charge in [-0.3, -0.25) is 9.59 Å². The second-order valence-corrected chi connectivity index (χ2v) is 6.68. The van der Waals surface area contributed by atoms with Crippen LogP contribution in [0.25, 0.3) is 10.6 Å². The summed E-state index contributed by atoms with van der Waals surface area (Å²) in [4.78, 5) is 27.9. The molecule has 0 saturated carbocycles. The fourth-order valence-corrected chi connectivity index (χ4v) is 3.27. The minimum Gasteiger partial charge on any atom is -0.366 e. The van der Waals surface area contributed by atoms with Crippen LogP contribution in [0.15, 0.2) is 47.8 Å². The molecule has 1 aromatic heterocycles. The van der Waals surface area contributed by atoms with Gasteiger partial charge in [-0.05, 0) is 25.1 Å². The summed E-state index contributed by atoms with van der Waals surface area (Å²) in [6, 6.07) is 12.5. The summed E-state index contributed by atoms with van der Waals surface area (Å²) in [5, 5.41) is 5.36. The first-order valence-electron chi connectivity index (χ1n) is 7.37. The number of amides is 2. The Bertz CT molecular complexity index is 951. The Balaban J connectivity index is 1.77. The number of hydrogen-bond acceptors (Lipinski definition) is 4. The third-order valence-electron chi connectivity index (χ3n) is 3.53. The number of primary amides is 1. The fourth-order valence-electron chi connectivity index (χ4n) is 2.19. The molecule has 0 aliphatic carbocycles. The van der Waals surface area contributed by atoms with E-state index in [-0.39, 0.29) is 16.5 Å². The third-order valence-corrected chi connectivity index (χ3v) is 4.73. The van der Waals surface area contributed by atoms with E-state index in [2.05, 4.69) is 10.3 Å². The molecule has 0 radical (unpaired) electrons. The number of hydrogen-bond donors (Lipinski definition) is 2. The highest BCUT2D eigenvalue weighted by Crippen LogP contribution is 2.25. The number of aryl methyl sites for hydroxylation is 1. The van der Waals surface area contributed by atoms with Crippen LogP contribution in [0.4, 0.5) is 5.69 Å². The van der Waals surface area contributed by atoms with Gasteiger partial charge in [0, 0.05) is 16.6 Å². The standard InChI is InChI=1S/C18H14ClN3O2S/c1-10-2-4-11(5-3-10)18-22-15(9-25-18)17(24)21-12-6-7-13(16(20)23)14(19)8-12/h2-9H,1H3,(H2,20,23)(H,21,24). The van der Waals surface area contributed by atoms with Crippen molar-refractivity contribution in [2.24, 2.45) is 5.73 Å². The second kappa shape index (κ2) is 7.04. The first kappa shape index (κ1) is 17.1. The van der Waals surface area contributed by atoms with Crippen LogP contribution in [-0.2, 0) is 0 Å². The summed E-state index contributed by atoms with van der Waals surface area (Å²) < 4.78 is 0. The normalized spacial score (nSPS) is 10.5. The Morgan fingerprint density at radius 2 is 1.88 bits per heavy atom. The van der Waals surface area contributed by atoms with E-state index in [1.165, 1.54) is 23.5 Å². The minimum absolute atomic E-state index is 0.184. The number of nitrogens with two attached hydrogens (primary N) is 1. The van der Waals surface area contributed by atoms with Crippen molar-refractivity contribution in [1.29, 1.82) is 0 Å². The fraction of sp³-hybridized carbons (Fsp3) is 0.0556. The van der Waals surface area contributed by atoms with Gasteiger partial charge >= 0.3 is 0 Å². The van der Waals surface area contributed by atoms with Crippen molar-refractivity contribution in [2.75, 3.05) is 5.32 Å². The summed E-state index contributed by atoms with van der Waals surface area (Å²) >= 11 is 7.38. The maximum atomic E-state index is 12.3. The summed E-state index contributed by atoms with van der Waals surface area (Å²) in [5.74, 6) is -0.970. The van der Waals surface area contributed by atoms with Gasteiger partial charge in [0.1, 0.15) is 10.7 Å². The van der Waals surface area contributed by atoms with Gasteiger partial charge in [0.2, 0.25) is 5.91 Å². The van der Waals surface area contributed by atoms with Crippen molar-refractivity contribution in [2.45, 2.75) is 6.92 Å². The average molecular weight is 372 g/mol. The van der Waals surface area contributed by atoms with Crippen molar-refractivity contribution in [3.8, 4) is 10.6 Å². The molecular formula is C18H14ClN3O2S. The lowest BCUT2D eigenvalue weighted by atomic mass is 10.2. The van der Waals surface area contributed by atoms with Crippen molar-refractivity contribution in [3.63, 3.8) is 0 Å².